The Morgan fingerprint density at radius 1 is 0.889 bits per heavy atom. The van der Waals surface area contributed by atoms with Gasteiger partial charge in [-0.15, -0.1) is 0 Å². The number of hydrogen-bond donors (Lipinski definition) is 0. The molecule has 5 rings (SSSR count). The molecule has 0 aromatic heterocycles. The lowest BCUT2D eigenvalue weighted by Crippen LogP contribution is -2.11. The monoisotopic (exact) mass is 233 g/mol. The molecule has 0 spiro atoms. The van der Waals surface area contributed by atoms with Gasteiger partial charge in [0.15, 0.2) is 0 Å². The number of rotatable bonds is 1. The molecule has 0 amide bonds. The van der Waals surface area contributed by atoms with Gasteiger partial charge in [0.2, 0.25) is 0 Å². The Hall–Kier alpha value is -1.89. The zero-order valence-corrected chi connectivity index (χ0v) is 9.76. The van der Waals surface area contributed by atoms with Crippen LogP contribution in [-0.4, -0.2) is 6.26 Å². The highest BCUT2D eigenvalue weighted by Crippen LogP contribution is 2.85. The third-order valence-electron chi connectivity index (χ3n) is 5.19. The van der Waals surface area contributed by atoms with Crippen LogP contribution in [0, 0.1) is 5.41 Å². The SMILES string of the molecule is [2H]C(=O)C12C3c4ccccc4[C@@H]1[C@@H]2c1ccccc13. The van der Waals surface area contributed by atoms with Crippen molar-refractivity contribution in [1.29, 1.82) is 0 Å². The van der Waals surface area contributed by atoms with E-state index in [1.165, 1.54) is 22.3 Å². The number of fused-ring (bicyclic) bond motifs is 7. The average Bonchev–Trinajstić information content (AvgIpc) is 2.94. The molecule has 1 saturated carbocycles. The molecule has 1 nitrogen and oxygen atoms in total. The van der Waals surface area contributed by atoms with Crippen molar-refractivity contribution in [3.05, 3.63) is 70.8 Å². The molecule has 0 bridgehead atoms. The molecular weight excluding hydrogens is 220 g/mol. The molecule has 2 aromatic carbocycles. The largest absolute Gasteiger partial charge is 0.303 e. The molecule has 2 unspecified atom stereocenters. The minimum absolute atomic E-state index is 0.125. The molecule has 0 N–H and O–H groups in total. The van der Waals surface area contributed by atoms with Crippen molar-refractivity contribution >= 4 is 6.26 Å². The summed E-state index contributed by atoms with van der Waals surface area (Å²) in [6.07, 6.45) is -0.375. The Balaban J connectivity index is 1.88. The van der Waals surface area contributed by atoms with Gasteiger partial charge in [-0.3, -0.25) is 0 Å². The van der Waals surface area contributed by atoms with Crippen LogP contribution < -0.4 is 0 Å². The first-order valence-electron chi connectivity index (χ1n) is 6.96. The van der Waals surface area contributed by atoms with Crippen LogP contribution in [0.25, 0.3) is 0 Å². The van der Waals surface area contributed by atoms with Crippen molar-refractivity contribution in [3.8, 4) is 0 Å². The van der Waals surface area contributed by atoms with E-state index in [1.54, 1.807) is 0 Å². The number of carbonyl (C=O) groups excluding carboxylic acids is 1. The second-order valence-electron chi connectivity index (χ2n) is 5.68. The topological polar surface area (TPSA) is 17.1 Å². The molecule has 2 aromatic rings. The van der Waals surface area contributed by atoms with E-state index in [0.717, 1.165) is 0 Å². The molecule has 0 aliphatic heterocycles. The minimum Gasteiger partial charge on any atom is -0.303 e. The molecule has 0 radical (unpaired) electrons. The van der Waals surface area contributed by atoms with Gasteiger partial charge in [0.25, 0.3) is 0 Å². The second-order valence-corrected chi connectivity index (χ2v) is 5.68. The predicted molar refractivity (Wildman–Crippen MR) is 68.7 cm³/mol. The number of carbonyl (C=O) groups is 1. The third-order valence-corrected chi connectivity index (χ3v) is 5.19. The van der Waals surface area contributed by atoms with Crippen LogP contribution >= 0.6 is 0 Å². The van der Waals surface area contributed by atoms with E-state index < -0.39 is 5.41 Å². The minimum atomic E-state index is -0.465. The van der Waals surface area contributed by atoms with Crippen LogP contribution in [0.2, 0.25) is 0 Å². The second kappa shape index (κ2) is 2.59. The van der Waals surface area contributed by atoms with E-state index in [9.17, 15) is 4.79 Å². The summed E-state index contributed by atoms with van der Waals surface area (Å²) in [4.78, 5) is 12.1. The molecule has 3 aliphatic carbocycles. The van der Waals surface area contributed by atoms with Gasteiger partial charge >= 0.3 is 0 Å². The van der Waals surface area contributed by atoms with Gasteiger partial charge in [0.05, 0.1) is 5.41 Å². The van der Waals surface area contributed by atoms with Crippen molar-refractivity contribution in [2.75, 3.05) is 0 Å². The summed E-state index contributed by atoms with van der Waals surface area (Å²) >= 11 is 0. The van der Waals surface area contributed by atoms with Crippen LogP contribution in [0.5, 0.6) is 0 Å². The standard InChI is InChI=1S/C17H12O/c18-9-17-14-10-5-1-3-7-12(10)15(17)16(17)13-8-4-2-6-11(13)14/h1-9,14-16H/t14?,15-,16+,17?/i9D. The fourth-order valence-corrected chi connectivity index (χ4v) is 4.62. The maximum absolute atomic E-state index is 12.1. The van der Waals surface area contributed by atoms with Crippen LogP contribution in [0.3, 0.4) is 0 Å². The first-order chi connectivity index (χ1) is 9.28. The Morgan fingerprint density at radius 3 is 1.78 bits per heavy atom. The smallest absolute Gasteiger partial charge is 0.128 e. The number of aldehydes is 1. The molecular formula is C17H12O. The first kappa shape index (κ1) is 8.25. The van der Waals surface area contributed by atoms with Gasteiger partial charge in [-0.2, -0.15) is 0 Å². The number of benzene rings is 2. The van der Waals surface area contributed by atoms with Gasteiger partial charge in [-0.05, 0) is 22.3 Å². The van der Waals surface area contributed by atoms with Gasteiger partial charge in [0.1, 0.15) is 7.63 Å². The van der Waals surface area contributed by atoms with E-state index in [0.29, 0.717) is 0 Å². The maximum Gasteiger partial charge on any atom is 0.128 e. The van der Waals surface area contributed by atoms with Crippen molar-refractivity contribution < 1.29 is 6.17 Å². The van der Waals surface area contributed by atoms with E-state index in [2.05, 4.69) is 24.3 Å². The van der Waals surface area contributed by atoms with Gasteiger partial charge in [0, 0.05) is 17.8 Å². The summed E-state index contributed by atoms with van der Waals surface area (Å²) in [5.41, 5.74) is 4.68. The summed E-state index contributed by atoms with van der Waals surface area (Å²) < 4.78 is 7.83. The maximum atomic E-state index is 12.1. The van der Waals surface area contributed by atoms with Gasteiger partial charge in [-0.25, -0.2) is 0 Å². The van der Waals surface area contributed by atoms with E-state index in [4.69, 9.17) is 1.37 Å². The Morgan fingerprint density at radius 2 is 1.33 bits per heavy atom. The van der Waals surface area contributed by atoms with Crippen LogP contribution in [0.15, 0.2) is 48.5 Å². The Kier molecular flexibility index (Phi) is 1.19. The summed E-state index contributed by atoms with van der Waals surface area (Å²) in [5.74, 6) is 0.641. The summed E-state index contributed by atoms with van der Waals surface area (Å²) in [5, 5.41) is 0. The quantitative estimate of drug-likeness (QED) is 0.691. The molecule has 1 heteroatoms. The van der Waals surface area contributed by atoms with Crippen LogP contribution in [-0.2, 0) is 4.79 Å². The first-order valence-corrected chi connectivity index (χ1v) is 6.46. The van der Waals surface area contributed by atoms with Crippen LogP contribution in [0.4, 0.5) is 0 Å². The zero-order valence-electron chi connectivity index (χ0n) is 10.8. The Bertz CT molecular complexity index is 695. The van der Waals surface area contributed by atoms with Gasteiger partial charge in [-0.1, -0.05) is 48.5 Å². The molecule has 86 valence electrons. The van der Waals surface area contributed by atoms with Crippen molar-refractivity contribution in [2.45, 2.75) is 17.8 Å². The summed E-state index contributed by atoms with van der Waals surface area (Å²) in [7, 11) is 0. The highest BCUT2D eigenvalue weighted by molar-refractivity contribution is 5.84. The van der Waals surface area contributed by atoms with E-state index in [1.807, 2.05) is 24.3 Å². The fraction of sp³-hybridized carbons (Fsp3) is 0.235. The lowest BCUT2D eigenvalue weighted by atomic mass is 9.86. The highest BCUT2D eigenvalue weighted by Gasteiger charge is 2.78. The van der Waals surface area contributed by atoms with E-state index >= 15 is 0 Å². The normalized spacial score (nSPS) is 37.6. The predicted octanol–water partition coefficient (Wildman–Crippen LogP) is 3.21. The highest BCUT2D eigenvalue weighted by atomic mass is 16.1. The molecule has 3 aliphatic rings. The summed E-state index contributed by atoms with van der Waals surface area (Å²) in [6.45, 7) is 0. The lowest BCUT2D eigenvalue weighted by molar-refractivity contribution is -0.112. The molecule has 4 atom stereocenters. The summed E-state index contributed by atoms with van der Waals surface area (Å²) in [6, 6.07) is 16.7. The molecule has 18 heavy (non-hydrogen) atoms. The molecule has 0 saturated heterocycles. The zero-order chi connectivity index (χ0) is 12.8. The third kappa shape index (κ3) is 0.694. The van der Waals surface area contributed by atoms with Gasteiger partial charge < -0.3 is 4.79 Å². The van der Waals surface area contributed by atoms with Crippen molar-refractivity contribution in [3.63, 3.8) is 0 Å². The molecule has 1 fully saturated rings. The average molecular weight is 233 g/mol. The van der Waals surface area contributed by atoms with Crippen molar-refractivity contribution in [1.82, 2.24) is 0 Å². The fourth-order valence-electron chi connectivity index (χ4n) is 4.62. The Labute approximate surface area is 107 Å². The van der Waals surface area contributed by atoms with Crippen molar-refractivity contribution in [2.24, 2.45) is 5.41 Å². The lowest BCUT2D eigenvalue weighted by Gasteiger charge is -2.15. The molecule has 0 heterocycles. The number of hydrogen-bond acceptors (Lipinski definition) is 1. The van der Waals surface area contributed by atoms with Crippen LogP contribution in [0.1, 0.15) is 41.4 Å². The van der Waals surface area contributed by atoms with E-state index in [-0.39, 0.29) is 24.0 Å².